The molecule has 53 heavy (non-hydrogen) atoms. The molecular weight excluding hydrogens is 725 g/mol. The predicted octanol–water partition coefficient (Wildman–Crippen LogP) is 4.40. The molecule has 3 aromatic rings. The Bertz CT molecular complexity index is 1940. The van der Waals surface area contributed by atoms with Crippen molar-refractivity contribution in [2.45, 2.75) is 51.4 Å². The Morgan fingerprint density at radius 3 is 2.25 bits per heavy atom. The highest BCUT2D eigenvalue weighted by Crippen LogP contribution is 2.34. The van der Waals surface area contributed by atoms with Crippen molar-refractivity contribution in [3.05, 3.63) is 77.9 Å². The van der Waals surface area contributed by atoms with Gasteiger partial charge in [-0.2, -0.15) is 31.0 Å². The van der Waals surface area contributed by atoms with Crippen LogP contribution in [0.1, 0.15) is 37.3 Å². The number of carboxylic acids is 1. The molecule has 0 spiro atoms. The van der Waals surface area contributed by atoms with Crippen LogP contribution in [0.4, 0.5) is 23.7 Å². The van der Waals surface area contributed by atoms with Gasteiger partial charge in [-0.3, -0.25) is 4.79 Å². The van der Waals surface area contributed by atoms with Crippen LogP contribution in [0.15, 0.2) is 66.7 Å². The van der Waals surface area contributed by atoms with Gasteiger partial charge < -0.3 is 34.1 Å². The van der Waals surface area contributed by atoms with Crippen molar-refractivity contribution in [3.63, 3.8) is 0 Å². The van der Waals surface area contributed by atoms with Gasteiger partial charge in [0.2, 0.25) is 6.79 Å². The molecule has 5 rings (SSSR count). The number of piperidine rings is 1. The summed E-state index contributed by atoms with van der Waals surface area (Å²) in [5, 5.41) is 19.8. The normalized spacial score (nSPS) is 18.2. The Balaban J connectivity index is 0.000000815. The van der Waals surface area contributed by atoms with Crippen LogP contribution >= 0.6 is 0 Å². The van der Waals surface area contributed by atoms with Gasteiger partial charge in [0.25, 0.3) is 5.91 Å². The van der Waals surface area contributed by atoms with Crippen LogP contribution in [-0.4, -0.2) is 96.2 Å². The minimum absolute atomic E-state index is 0.0853. The second kappa shape index (κ2) is 17.0. The number of alkyl halides is 3. The molecular formula is C35H41F3N4O10S+2. The first-order chi connectivity index (χ1) is 24.9. The van der Waals surface area contributed by atoms with Crippen LogP contribution in [0.5, 0.6) is 23.0 Å². The fourth-order valence-electron chi connectivity index (χ4n) is 5.97. The third-order valence-electron chi connectivity index (χ3n) is 8.32. The number of urea groups is 1. The molecule has 1 fully saturated rings. The number of benzene rings is 3. The lowest BCUT2D eigenvalue weighted by Crippen LogP contribution is -2.56. The van der Waals surface area contributed by atoms with Gasteiger partial charge in [0.05, 0.1) is 19.3 Å². The van der Waals surface area contributed by atoms with Crippen LogP contribution < -0.4 is 24.7 Å². The number of hydrogen-bond donors (Lipinski definition) is 4. The number of amides is 3. The molecule has 0 bridgehead atoms. The van der Waals surface area contributed by atoms with Gasteiger partial charge in [-0.15, -0.1) is 0 Å². The van der Waals surface area contributed by atoms with E-state index in [9.17, 15) is 36.3 Å². The predicted molar refractivity (Wildman–Crippen MR) is 185 cm³/mol. The Morgan fingerprint density at radius 2 is 1.64 bits per heavy atom. The van der Waals surface area contributed by atoms with Crippen LogP contribution in [0.25, 0.3) is 0 Å². The number of ether oxygens (including phenoxy) is 2. The summed E-state index contributed by atoms with van der Waals surface area (Å²) in [5.74, 6) is -1.91. The summed E-state index contributed by atoms with van der Waals surface area (Å²) in [4.78, 5) is 36.0. The van der Waals surface area contributed by atoms with Crippen molar-refractivity contribution in [2.24, 2.45) is 5.73 Å². The number of aromatic hydroxyl groups is 1. The molecule has 14 nitrogen and oxygen atoms in total. The largest absolute Gasteiger partial charge is 0.508 e. The second-order valence-corrected chi connectivity index (χ2v) is 14.5. The van der Waals surface area contributed by atoms with Crippen molar-refractivity contribution < 1.29 is 68.9 Å². The number of quaternary nitrogens is 1. The number of phenols is 1. The number of carbonyl (C=O) groups is 3. The fraction of sp³-hybridized carbons (Fsp3) is 0.371. The molecule has 2 heterocycles. The van der Waals surface area contributed by atoms with Crippen LogP contribution in [0.2, 0.25) is 0 Å². The topological polar surface area (TPSA) is 195 Å². The molecule has 5 N–H and O–H groups in total. The zero-order valence-corrected chi connectivity index (χ0v) is 29.8. The molecule has 0 saturated carbocycles. The molecule has 2 aliphatic heterocycles. The zero-order valence-electron chi connectivity index (χ0n) is 29.0. The number of rotatable bonds is 11. The maximum Gasteiger partial charge on any atom is 0.496 e. The third-order valence-corrected chi connectivity index (χ3v) is 9.67. The number of aliphatic carboxylic acids is 1. The van der Waals surface area contributed by atoms with E-state index in [-0.39, 0.29) is 30.5 Å². The SMILES string of the molecule is CCCS(=O)(=O)Oc1ccc(NC(=O)/[N+](=C2\CCC[N+](C)(Cc3ccc4c(c3)OCO4)C2)[C@@H](Cc2ccc(O)cc2)C(N)=O)cc1.O=C(O)C(F)(F)F. The summed E-state index contributed by atoms with van der Waals surface area (Å²) in [6, 6.07) is 16.8. The standard InChI is InChI=1S/C33H38N4O8S.C2HF3O2/c1-3-17-46(41,42)45-28-13-9-25(10-14-28)35-33(40)36(29(32(34)39)18-23-6-11-27(38)12-7-23)26-5-4-16-37(2,21-26)20-24-8-15-30-31(19-24)44-22-43-30;3-2(4,5)1(6)7/h6-15,19,29H,3-5,16-18,20-22H2,1-2H3,(H2-2,34,35,38,39,40);(H,6,7)/p+2/b36-26+;/t29-,37?;/m0./s1. The first kappa shape index (κ1) is 40.4. The lowest BCUT2D eigenvalue weighted by molar-refractivity contribution is -0.918. The molecule has 1 saturated heterocycles. The van der Waals surface area contributed by atoms with Crippen molar-refractivity contribution in [3.8, 4) is 23.0 Å². The quantitative estimate of drug-likeness (QED) is 0.124. The summed E-state index contributed by atoms with van der Waals surface area (Å²) in [6.07, 6.45) is -3.15. The maximum atomic E-state index is 14.1. The van der Waals surface area contributed by atoms with E-state index in [1.807, 2.05) is 18.2 Å². The summed E-state index contributed by atoms with van der Waals surface area (Å²) in [6.45, 7) is 3.95. The number of likely N-dealkylation sites (tertiary alicyclic amines) is 1. The average molecular weight is 767 g/mol. The average Bonchev–Trinajstić information content (AvgIpc) is 3.54. The van der Waals surface area contributed by atoms with E-state index in [1.54, 1.807) is 19.1 Å². The van der Waals surface area contributed by atoms with E-state index in [2.05, 4.69) is 12.4 Å². The molecule has 1 unspecified atom stereocenters. The molecule has 0 aromatic heterocycles. The summed E-state index contributed by atoms with van der Waals surface area (Å²) in [7, 11) is -1.60. The minimum Gasteiger partial charge on any atom is -0.508 e. The van der Waals surface area contributed by atoms with Gasteiger partial charge in [-0.1, -0.05) is 19.1 Å². The fourth-order valence-corrected chi connectivity index (χ4v) is 6.96. The summed E-state index contributed by atoms with van der Waals surface area (Å²) >= 11 is 0. The lowest BCUT2D eigenvalue weighted by Gasteiger charge is -2.38. The maximum absolute atomic E-state index is 14.1. The van der Waals surface area contributed by atoms with Crippen LogP contribution in [0.3, 0.4) is 0 Å². The highest BCUT2D eigenvalue weighted by atomic mass is 32.2. The van der Waals surface area contributed by atoms with Gasteiger partial charge in [-0.05, 0) is 66.6 Å². The number of nitrogens with two attached hydrogens (primary N) is 1. The molecule has 18 heteroatoms. The molecule has 2 atom stereocenters. The van der Waals surface area contributed by atoms with Crippen LogP contribution in [0, 0.1) is 0 Å². The molecule has 3 amide bonds. The number of hydrogen-bond acceptors (Lipinski definition) is 9. The minimum atomic E-state index is -5.08. The van der Waals surface area contributed by atoms with Crippen LogP contribution in [-0.2, 0) is 32.7 Å². The second-order valence-electron chi connectivity index (χ2n) is 12.8. The first-order valence-electron chi connectivity index (χ1n) is 16.4. The van der Waals surface area contributed by atoms with Gasteiger partial charge in [0.15, 0.2) is 17.5 Å². The van der Waals surface area contributed by atoms with E-state index >= 15 is 0 Å². The van der Waals surface area contributed by atoms with E-state index in [0.717, 1.165) is 29.8 Å². The molecule has 286 valence electrons. The number of carbonyl (C=O) groups excluding carboxylic acids is 2. The molecule has 0 aliphatic carbocycles. The van der Waals surface area contributed by atoms with Gasteiger partial charge >= 0.3 is 28.3 Å². The van der Waals surface area contributed by atoms with Gasteiger partial charge in [-0.25, -0.2) is 10.1 Å². The van der Waals surface area contributed by atoms with E-state index in [1.165, 1.54) is 41.0 Å². The van der Waals surface area contributed by atoms with Gasteiger partial charge in [0.1, 0.15) is 36.0 Å². The van der Waals surface area contributed by atoms with Crippen molar-refractivity contribution >= 4 is 39.4 Å². The lowest BCUT2D eigenvalue weighted by atomic mass is 10.0. The Morgan fingerprint density at radius 1 is 1.02 bits per heavy atom. The zero-order chi connectivity index (χ0) is 39.0. The smallest absolute Gasteiger partial charge is 0.496 e. The number of fused-ring (bicyclic) bond motifs is 1. The van der Waals surface area contributed by atoms with Gasteiger partial charge in [0, 0.05) is 24.8 Å². The Kier molecular flexibility index (Phi) is 12.9. The monoisotopic (exact) mass is 766 g/mol. The highest BCUT2D eigenvalue weighted by molar-refractivity contribution is 7.87. The number of phenolic OH excluding ortho intramolecular Hbond substituents is 1. The number of carboxylic acid groups (broad SMARTS) is 1. The Labute approximate surface area is 303 Å². The highest BCUT2D eigenvalue weighted by Gasteiger charge is 2.40. The number of halogens is 3. The first-order valence-corrected chi connectivity index (χ1v) is 18.0. The molecule has 0 radical (unpaired) electrons. The van der Waals surface area contributed by atoms with E-state index < -0.39 is 40.2 Å². The number of nitrogens with zero attached hydrogens (tertiary/aromatic N) is 2. The summed E-state index contributed by atoms with van der Waals surface area (Å²) < 4.78 is 74.1. The third kappa shape index (κ3) is 11.6. The van der Waals surface area contributed by atoms with E-state index in [4.69, 9.17) is 29.3 Å². The van der Waals surface area contributed by atoms with E-state index in [0.29, 0.717) is 47.6 Å². The molecule has 2 aliphatic rings. The van der Waals surface area contributed by atoms with Crippen molar-refractivity contribution in [1.82, 2.24) is 0 Å². The Hall–Kier alpha value is -5.36. The number of primary amides is 1. The van der Waals surface area contributed by atoms with Crippen molar-refractivity contribution in [1.29, 1.82) is 0 Å². The molecule has 3 aromatic carbocycles. The number of anilines is 1. The number of nitrogens with one attached hydrogen (secondary N) is 1. The summed E-state index contributed by atoms with van der Waals surface area (Å²) in [5.41, 5.74) is 8.91. The van der Waals surface area contributed by atoms with Crippen molar-refractivity contribution in [2.75, 3.05) is 38.0 Å².